The highest BCUT2D eigenvalue weighted by atomic mass is 35.5. The molecular formula is C21H22ClN3. The van der Waals surface area contributed by atoms with E-state index in [4.69, 9.17) is 16.6 Å². The lowest BCUT2D eigenvalue weighted by Gasteiger charge is -2.35. The lowest BCUT2D eigenvalue weighted by Crippen LogP contribution is -2.46. The standard InChI is InChI=1S/C21H22ClN3/c1-16-14-21(23-20-5-3-2-4-19(16)20)25-12-10-24(11-13-25)15-17-6-8-18(22)9-7-17/h2-9,14H,10-13,15H2,1H3. The van der Waals surface area contributed by atoms with Crippen LogP contribution in [0.2, 0.25) is 5.02 Å². The van der Waals surface area contributed by atoms with Gasteiger partial charge in [0.2, 0.25) is 0 Å². The number of para-hydroxylation sites is 1. The Kier molecular flexibility index (Phi) is 4.60. The predicted octanol–water partition coefficient (Wildman–Crippen LogP) is 4.52. The van der Waals surface area contributed by atoms with Gasteiger partial charge in [0.25, 0.3) is 0 Å². The number of piperazine rings is 1. The first-order chi connectivity index (χ1) is 12.2. The maximum atomic E-state index is 5.97. The van der Waals surface area contributed by atoms with Crippen molar-refractivity contribution in [1.29, 1.82) is 0 Å². The van der Waals surface area contributed by atoms with Crippen LogP contribution in [0, 0.1) is 6.92 Å². The molecule has 0 radical (unpaired) electrons. The van der Waals surface area contributed by atoms with Crippen molar-refractivity contribution in [1.82, 2.24) is 9.88 Å². The predicted molar refractivity (Wildman–Crippen MR) is 105 cm³/mol. The normalized spacial score (nSPS) is 15.7. The second-order valence-electron chi connectivity index (χ2n) is 6.70. The molecule has 3 nitrogen and oxygen atoms in total. The largest absolute Gasteiger partial charge is 0.354 e. The summed E-state index contributed by atoms with van der Waals surface area (Å²) in [6.45, 7) is 7.28. The Morgan fingerprint density at radius 3 is 2.44 bits per heavy atom. The molecule has 2 aromatic carbocycles. The molecule has 0 saturated carbocycles. The summed E-state index contributed by atoms with van der Waals surface area (Å²) in [6.07, 6.45) is 0. The molecule has 1 fully saturated rings. The maximum absolute atomic E-state index is 5.97. The number of hydrogen-bond donors (Lipinski definition) is 0. The molecule has 0 unspecified atom stereocenters. The summed E-state index contributed by atoms with van der Waals surface area (Å²) in [5, 5.41) is 2.04. The van der Waals surface area contributed by atoms with Crippen LogP contribution in [-0.2, 0) is 6.54 Å². The van der Waals surface area contributed by atoms with E-state index >= 15 is 0 Å². The van der Waals surface area contributed by atoms with Gasteiger partial charge in [0.15, 0.2) is 0 Å². The third-order valence-electron chi connectivity index (χ3n) is 4.93. The number of fused-ring (bicyclic) bond motifs is 1. The smallest absolute Gasteiger partial charge is 0.129 e. The van der Waals surface area contributed by atoms with Crippen LogP contribution in [0.1, 0.15) is 11.1 Å². The van der Waals surface area contributed by atoms with Gasteiger partial charge in [-0.2, -0.15) is 0 Å². The van der Waals surface area contributed by atoms with Crippen molar-refractivity contribution in [3.8, 4) is 0 Å². The van der Waals surface area contributed by atoms with E-state index in [-0.39, 0.29) is 0 Å². The first kappa shape index (κ1) is 16.4. The summed E-state index contributed by atoms with van der Waals surface area (Å²) in [4.78, 5) is 9.77. The summed E-state index contributed by atoms with van der Waals surface area (Å²) >= 11 is 5.97. The maximum Gasteiger partial charge on any atom is 0.129 e. The lowest BCUT2D eigenvalue weighted by molar-refractivity contribution is 0.249. The van der Waals surface area contributed by atoms with Crippen LogP contribution < -0.4 is 4.90 Å². The molecule has 4 rings (SSSR count). The van der Waals surface area contributed by atoms with E-state index in [9.17, 15) is 0 Å². The minimum Gasteiger partial charge on any atom is -0.354 e. The van der Waals surface area contributed by atoms with E-state index in [1.807, 2.05) is 12.1 Å². The number of benzene rings is 2. The van der Waals surface area contributed by atoms with Crippen molar-refractivity contribution in [3.05, 3.63) is 70.7 Å². The number of pyridine rings is 1. The van der Waals surface area contributed by atoms with Gasteiger partial charge >= 0.3 is 0 Å². The first-order valence-corrected chi connectivity index (χ1v) is 9.15. The molecule has 128 valence electrons. The highest BCUT2D eigenvalue weighted by Gasteiger charge is 2.19. The van der Waals surface area contributed by atoms with Gasteiger partial charge < -0.3 is 4.90 Å². The number of anilines is 1. The van der Waals surface area contributed by atoms with Crippen molar-refractivity contribution < 1.29 is 0 Å². The minimum absolute atomic E-state index is 0.798. The number of hydrogen-bond acceptors (Lipinski definition) is 3. The van der Waals surface area contributed by atoms with Gasteiger partial charge in [-0.1, -0.05) is 41.9 Å². The van der Waals surface area contributed by atoms with Crippen molar-refractivity contribution in [3.63, 3.8) is 0 Å². The third kappa shape index (κ3) is 3.63. The average Bonchev–Trinajstić information content (AvgIpc) is 2.64. The molecule has 1 saturated heterocycles. The number of nitrogens with zero attached hydrogens (tertiary/aromatic N) is 3. The Labute approximate surface area is 153 Å². The van der Waals surface area contributed by atoms with Crippen LogP contribution in [0.5, 0.6) is 0 Å². The molecule has 0 N–H and O–H groups in total. The molecule has 1 aliphatic rings. The highest BCUT2D eigenvalue weighted by molar-refractivity contribution is 6.30. The van der Waals surface area contributed by atoms with Gasteiger partial charge in [-0.3, -0.25) is 4.90 Å². The molecule has 0 atom stereocenters. The van der Waals surface area contributed by atoms with Crippen LogP contribution in [0.25, 0.3) is 10.9 Å². The van der Waals surface area contributed by atoms with E-state index < -0.39 is 0 Å². The molecule has 0 bridgehead atoms. The molecule has 3 aromatic rings. The number of rotatable bonds is 3. The third-order valence-corrected chi connectivity index (χ3v) is 5.18. The van der Waals surface area contributed by atoms with Crippen LogP contribution in [0.4, 0.5) is 5.82 Å². The van der Waals surface area contributed by atoms with E-state index in [0.717, 1.165) is 49.1 Å². The van der Waals surface area contributed by atoms with Crippen LogP contribution in [0.3, 0.4) is 0 Å². The van der Waals surface area contributed by atoms with Crippen molar-refractivity contribution in [2.24, 2.45) is 0 Å². The number of aryl methyl sites for hydroxylation is 1. The van der Waals surface area contributed by atoms with Gasteiger partial charge in [0, 0.05) is 43.1 Å². The van der Waals surface area contributed by atoms with E-state index in [0.29, 0.717) is 0 Å². The summed E-state index contributed by atoms with van der Waals surface area (Å²) in [5.74, 6) is 1.10. The second-order valence-corrected chi connectivity index (χ2v) is 7.14. The molecule has 25 heavy (non-hydrogen) atoms. The Morgan fingerprint density at radius 1 is 0.960 bits per heavy atom. The highest BCUT2D eigenvalue weighted by Crippen LogP contribution is 2.23. The van der Waals surface area contributed by atoms with Crippen LogP contribution in [0.15, 0.2) is 54.6 Å². The molecule has 1 aromatic heterocycles. The van der Waals surface area contributed by atoms with Gasteiger partial charge in [0.05, 0.1) is 5.52 Å². The van der Waals surface area contributed by atoms with Gasteiger partial charge in [0.1, 0.15) is 5.82 Å². The van der Waals surface area contributed by atoms with Crippen molar-refractivity contribution >= 4 is 28.3 Å². The quantitative estimate of drug-likeness (QED) is 0.691. The fraction of sp³-hybridized carbons (Fsp3) is 0.286. The van der Waals surface area contributed by atoms with E-state index in [2.05, 4.69) is 59.2 Å². The Balaban J connectivity index is 1.44. The molecule has 2 heterocycles. The summed E-state index contributed by atoms with van der Waals surface area (Å²) in [7, 11) is 0. The fourth-order valence-electron chi connectivity index (χ4n) is 3.48. The Morgan fingerprint density at radius 2 is 1.68 bits per heavy atom. The monoisotopic (exact) mass is 351 g/mol. The van der Waals surface area contributed by atoms with Crippen molar-refractivity contribution in [2.45, 2.75) is 13.5 Å². The van der Waals surface area contributed by atoms with Crippen LogP contribution >= 0.6 is 11.6 Å². The molecular weight excluding hydrogens is 330 g/mol. The van der Waals surface area contributed by atoms with Crippen molar-refractivity contribution in [2.75, 3.05) is 31.1 Å². The number of aromatic nitrogens is 1. The minimum atomic E-state index is 0.798. The zero-order chi connectivity index (χ0) is 17.2. The molecule has 0 spiro atoms. The first-order valence-electron chi connectivity index (χ1n) is 8.77. The lowest BCUT2D eigenvalue weighted by atomic mass is 10.1. The SMILES string of the molecule is Cc1cc(N2CCN(Cc3ccc(Cl)cc3)CC2)nc2ccccc12. The summed E-state index contributed by atoms with van der Waals surface area (Å²) in [5.41, 5.74) is 3.70. The Bertz CT molecular complexity index is 868. The summed E-state index contributed by atoms with van der Waals surface area (Å²) in [6, 6.07) is 18.8. The van der Waals surface area contributed by atoms with E-state index in [1.165, 1.54) is 16.5 Å². The van der Waals surface area contributed by atoms with Gasteiger partial charge in [-0.25, -0.2) is 4.98 Å². The van der Waals surface area contributed by atoms with Crippen LogP contribution in [-0.4, -0.2) is 36.1 Å². The molecule has 1 aliphatic heterocycles. The molecule has 0 aliphatic carbocycles. The molecule has 0 amide bonds. The average molecular weight is 352 g/mol. The topological polar surface area (TPSA) is 19.4 Å². The fourth-order valence-corrected chi connectivity index (χ4v) is 3.60. The summed E-state index contributed by atoms with van der Waals surface area (Å²) < 4.78 is 0. The Hall–Kier alpha value is -2.10. The zero-order valence-corrected chi connectivity index (χ0v) is 15.2. The van der Waals surface area contributed by atoms with Gasteiger partial charge in [-0.05, 0) is 42.3 Å². The number of halogens is 1. The second kappa shape index (κ2) is 7.03. The molecule has 4 heteroatoms. The van der Waals surface area contributed by atoms with Gasteiger partial charge in [-0.15, -0.1) is 0 Å². The zero-order valence-electron chi connectivity index (χ0n) is 14.5. The van der Waals surface area contributed by atoms with E-state index in [1.54, 1.807) is 0 Å².